The second-order valence-electron chi connectivity index (χ2n) is 4.85. The van der Waals surface area contributed by atoms with E-state index in [4.69, 9.17) is 0 Å². The summed E-state index contributed by atoms with van der Waals surface area (Å²) in [6.07, 6.45) is 3.26. The number of rotatable bonds is 7. The summed E-state index contributed by atoms with van der Waals surface area (Å²) < 4.78 is 13.9. The third kappa shape index (κ3) is 4.69. The summed E-state index contributed by atoms with van der Waals surface area (Å²) >= 11 is 3.45. The van der Waals surface area contributed by atoms with Crippen molar-refractivity contribution in [2.75, 3.05) is 6.54 Å². The van der Waals surface area contributed by atoms with Crippen LogP contribution in [0.2, 0.25) is 0 Å². The Kier molecular flexibility index (Phi) is 6.87. The first-order chi connectivity index (χ1) is 8.58. The minimum atomic E-state index is -0.184. The van der Waals surface area contributed by atoms with Crippen LogP contribution in [0.5, 0.6) is 0 Å². The van der Waals surface area contributed by atoms with Crippen LogP contribution in [0.3, 0.4) is 0 Å². The van der Waals surface area contributed by atoms with E-state index in [1.807, 2.05) is 6.07 Å². The zero-order valence-electron chi connectivity index (χ0n) is 11.5. The molecule has 3 heteroatoms. The second kappa shape index (κ2) is 7.90. The highest BCUT2D eigenvalue weighted by Crippen LogP contribution is 2.23. The number of halogens is 2. The van der Waals surface area contributed by atoms with Crippen LogP contribution in [0, 0.1) is 11.7 Å². The van der Waals surface area contributed by atoms with Crippen molar-refractivity contribution < 1.29 is 4.39 Å². The average molecular weight is 316 g/mol. The molecule has 0 fully saturated rings. The smallest absolute Gasteiger partial charge is 0.124 e. The van der Waals surface area contributed by atoms with E-state index in [1.54, 1.807) is 6.07 Å². The van der Waals surface area contributed by atoms with Gasteiger partial charge >= 0.3 is 0 Å². The van der Waals surface area contributed by atoms with Crippen LogP contribution in [0.15, 0.2) is 22.7 Å². The number of nitrogens with one attached hydrogen (secondary N) is 1. The maximum Gasteiger partial charge on any atom is 0.124 e. The number of benzene rings is 1. The molecule has 2 unspecified atom stereocenters. The minimum Gasteiger partial charge on any atom is -0.314 e. The standard InChI is InChI=1S/C15H23BrFN/c1-4-8-18-11(3)12(5-2)9-13-6-7-14(17)10-15(13)16/h6-7,10-12,18H,4-5,8-9H2,1-3H3. The molecule has 0 saturated carbocycles. The lowest BCUT2D eigenvalue weighted by molar-refractivity contribution is 0.362. The van der Waals surface area contributed by atoms with Crippen molar-refractivity contribution in [3.05, 3.63) is 34.1 Å². The predicted molar refractivity (Wildman–Crippen MR) is 79.3 cm³/mol. The molecule has 0 saturated heterocycles. The molecular formula is C15H23BrFN. The third-order valence-electron chi connectivity index (χ3n) is 3.45. The molecule has 0 aliphatic rings. The molecule has 1 rings (SSSR count). The maximum absolute atomic E-state index is 13.0. The van der Waals surface area contributed by atoms with Crippen molar-refractivity contribution in [2.45, 2.75) is 46.1 Å². The number of hydrogen-bond donors (Lipinski definition) is 1. The molecule has 1 nitrogen and oxygen atoms in total. The Balaban J connectivity index is 2.67. The molecule has 2 atom stereocenters. The SMILES string of the molecule is CCCNC(C)C(CC)Cc1ccc(F)cc1Br. The van der Waals surface area contributed by atoms with Gasteiger partial charge in [-0.1, -0.05) is 42.3 Å². The van der Waals surface area contributed by atoms with Gasteiger partial charge in [0, 0.05) is 10.5 Å². The highest BCUT2D eigenvalue weighted by molar-refractivity contribution is 9.10. The molecule has 1 aromatic carbocycles. The zero-order chi connectivity index (χ0) is 13.5. The van der Waals surface area contributed by atoms with Crippen LogP contribution in [0.25, 0.3) is 0 Å². The molecule has 1 N–H and O–H groups in total. The Hall–Kier alpha value is -0.410. The average Bonchev–Trinajstić information content (AvgIpc) is 2.35. The fourth-order valence-electron chi connectivity index (χ4n) is 2.18. The molecule has 0 aliphatic carbocycles. The van der Waals surface area contributed by atoms with Crippen molar-refractivity contribution in [1.29, 1.82) is 0 Å². The largest absolute Gasteiger partial charge is 0.314 e. The predicted octanol–water partition coefficient (Wildman–Crippen LogP) is 4.55. The summed E-state index contributed by atoms with van der Waals surface area (Å²) in [5, 5.41) is 3.55. The van der Waals surface area contributed by atoms with Gasteiger partial charge in [-0.05, 0) is 49.9 Å². The molecule has 0 radical (unpaired) electrons. The number of hydrogen-bond acceptors (Lipinski definition) is 1. The van der Waals surface area contributed by atoms with Crippen molar-refractivity contribution in [3.63, 3.8) is 0 Å². The van der Waals surface area contributed by atoms with Gasteiger partial charge in [0.05, 0.1) is 0 Å². The molecule has 0 aliphatic heterocycles. The Labute approximate surface area is 118 Å². The quantitative estimate of drug-likeness (QED) is 0.778. The molecule has 0 amide bonds. The van der Waals surface area contributed by atoms with Gasteiger partial charge in [0.25, 0.3) is 0 Å². The van der Waals surface area contributed by atoms with Gasteiger partial charge in [0.2, 0.25) is 0 Å². The van der Waals surface area contributed by atoms with Crippen LogP contribution in [0.1, 0.15) is 39.2 Å². The van der Waals surface area contributed by atoms with Gasteiger partial charge in [-0.25, -0.2) is 4.39 Å². The van der Waals surface area contributed by atoms with Crippen molar-refractivity contribution >= 4 is 15.9 Å². The van der Waals surface area contributed by atoms with Gasteiger partial charge in [-0.15, -0.1) is 0 Å². The first-order valence-corrected chi connectivity index (χ1v) is 7.55. The highest BCUT2D eigenvalue weighted by Gasteiger charge is 2.16. The summed E-state index contributed by atoms with van der Waals surface area (Å²) in [5.41, 5.74) is 1.19. The molecule has 0 heterocycles. The highest BCUT2D eigenvalue weighted by atomic mass is 79.9. The Morgan fingerprint density at radius 1 is 1.33 bits per heavy atom. The fraction of sp³-hybridized carbons (Fsp3) is 0.600. The van der Waals surface area contributed by atoms with Crippen molar-refractivity contribution in [3.8, 4) is 0 Å². The van der Waals surface area contributed by atoms with E-state index in [0.29, 0.717) is 12.0 Å². The molecule has 0 spiro atoms. The Bertz CT molecular complexity index is 368. The summed E-state index contributed by atoms with van der Waals surface area (Å²) in [4.78, 5) is 0. The summed E-state index contributed by atoms with van der Waals surface area (Å²) in [6, 6.07) is 5.46. The molecule has 102 valence electrons. The van der Waals surface area contributed by atoms with Crippen LogP contribution < -0.4 is 5.32 Å². The van der Waals surface area contributed by atoms with Crippen LogP contribution >= 0.6 is 15.9 Å². The van der Waals surface area contributed by atoms with Crippen LogP contribution in [-0.2, 0) is 6.42 Å². The van der Waals surface area contributed by atoms with Gasteiger partial charge in [-0.2, -0.15) is 0 Å². The Morgan fingerprint density at radius 3 is 2.61 bits per heavy atom. The van der Waals surface area contributed by atoms with E-state index in [0.717, 1.165) is 30.3 Å². The molecule has 18 heavy (non-hydrogen) atoms. The topological polar surface area (TPSA) is 12.0 Å². The minimum absolute atomic E-state index is 0.184. The van der Waals surface area contributed by atoms with Crippen LogP contribution in [0.4, 0.5) is 4.39 Å². The monoisotopic (exact) mass is 315 g/mol. The van der Waals surface area contributed by atoms with Gasteiger partial charge < -0.3 is 5.32 Å². The van der Waals surface area contributed by atoms with Crippen molar-refractivity contribution in [2.24, 2.45) is 5.92 Å². The Morgan fingerprint density at radius 2 is 2.06 bits per heavy atom. The van der Waals surface area contributed by atoms with Gasteiger partial charge in [0.15, 0.2) is 0 Å². The van der Waals surface area contributed by atoms with E-state index < -0.39 is 0 Å². The summed E-state index contributed by atoms with van der Waals surface area (Å²) in [6.45, 7) is 7.69. The van der Waals surface area contributed by atoms with Gasteiger partial charge in [-0.3, -0.25) is 0 Å². The molecular weight excluding hydrogens is 293 g/mol. The van der Waals surface area contributed by atoms with E-state index in [1.165, 1.54) is 11.6 Å². The first-order valence-electron chi connectivity index (χ1n) is 6.75. The van der Waals surface area contributed by atoms with Crippen LogP contribution in [-0.4, -0.2) is 12.6 Å². The molecule has 1 aromatic rings. The van der Waals surface area contributed by atoms with E-state index in [2.05, 4.69) is 42.0 Å². The lowest BCUT2D eigenvalue weighted by atomic mass is 9.90. The maximum atomic E-state index is 13.0. The molecule has 0 bridgehead atoms. The van der Waals surface area contributed by atoms with E-state index in [9.17, 15) is 4.39 Å². The zero-order valence-corrected chi connectivity index (χ0v) is 13.1. The van der Waals surface area contributed by atoms with E-state index in [-0.39, 0.29) is 5.82 Å². The second-order valence-corrected chi connectivity index (χ2v) is 5.71. The van der Waals surface area contributed by atoms with Gasteiger partial charge in [0.1, 0.15) is 5.82 Å². The fourth-order valence-corrected chi connectivity index (χ4v) is 2.70. The third-order valence-corrected chi connectivity index (χ3v) is 4.18. The lowest BCUT2D eigenvalue weighted by Crippen LogP contribution is -2.34. The first kappa shape index (κ1) is 15.6. The van der Waals surface area contributed by atoms with Crippen molar-refractivity contribution in [1.82, 2.24) is 5.32 Å². The summed E-state index contributed by atoms with van der Waals surface area (Å²) in [7, 11) is 0. The molecule has 0 aromatic heterocycles. The summed E-state index contributed by atoms with van der Waals surface area (Å²) in [5.74, 6) is 0.397. The lowest BCUT2D eigenvalue weighted by Gasteiger charge is -2.24. The van der Waals surface area contributed by atoms with E-state index >= 15 is 0 Å². The normalized spacial score (nSPS) is 14.5.